The Bertz CT molecular complexity index is 538. The Balaban J connectivity index is 2.03. The molecule has 0 aliphatic rings. The predicted molar refractivity (Wildman–Crippen MR) is 74.2 cm³/mol. The minimum atomic E-state index is 0.477. The third-order valence-electron chi connectivity index (χ3n) is 2.77. The minimum Gasteiger partial charge on any atom is -0.497 e. The average Bonchev–Trinajstić information content (AvgIpc) is 2.45. The second-order valence-electron chi connectivity index (χ2n) is 4.30. The van der Waals surface area contributed by atoms with E-state index in [1.807, 2.05) is 43.3 Å². The lowest BCUT2D eigenvalue weighted by atomic mass is 10.2. The van der Waals surface area contributed by atoms with E-state index in [0.717, 1.165) is 22.6 Å². The molecule has 4 nitrogen and oxygen atoms in total. The smallest absolute Gasteiger partial charge is 0.214 e. The van der Waals surface area contributed by atoms with Crippen molar-refractivity contribution in [2.75, 3.05) is 7.11 Å². The van der Waals surface area contributed by atoms with Gasteiger partial charge < -0.3 is 15.2 Å². The molecule has 100 valence electrons. The molecule has 2 N–H and O–H groups in total. The molecule has 0 spiro atoms. The summed E-state index contributed by atoms with van der Waals surface area (Å²) in [6.45, 7) is 2.89. The zero-order chi connectivity index (χ0) is 13.7. The highest BCUT2D eigenvalue weighted by Gasteiger charge is 2.01. The number of nitrogens with zero attached hydrogens (tertiary/aromatic N) is 1. The molecule has 0 saturated carbocycles. The maximum Gasteiger partial charge on any atom is 0.214 e. The van der Waals surface area contributed by atoms with Crippen molar-refractivity contribution in [2.45, 2.75) is 20.1 Å². The number of benzene rings is 1. The molecular formula is C15H18N2O2. The summed E-state index contributed by atoms with van der Waals surface area (Å²) >= 11 is 0. The van der Waals surface area contributed by atoms with Gasteiger partial charge in [0, 0.05) is 18.3 Å². The van der Waals surface area contributed by atoms with Gasteiger partial charge in [-0.05, 0) is 36.2 Å². The fraction of sp³-hybridized carbons (Fsp3) is 0.267. The first-order valence-corrected chi connectivity index (χ1v) is 6.14. The largest absolute Gasteiger partial charge is 0.497 e. The van der Waals surface area contributed by atoms with Crippen LogP contribution in [0, 0.1) is 6.92 Å². The van der Waals surface area contributed by atoms with E-state index >= 15 is 0 Å². The van der Waals surface area contributed by atoms with Crippen LogP contribution in [0.2, 0.25) is 0 Å². The van der Waals surface area contributed by atoms with Gasteiger partial charge in [-0.2, -0.15) is 0 Å². The second-order valence-corrected chi connectivity index (χ2v) is 4.30. The van der Waals surface area contributed by atoms with Crippen LogP contribution in [0.3, 0.4) is 0 Å². The molecule has 1 heterocycles. The summed E-state index contributed by atoms with van der Waals surface area (Å²) < 4.78 is 10.8. The number of aromatic nitrogens is 1. The van der Waals surface area contributed by atoms with Crippen LogP contribution >= 0.6 is 0 Å². The number of ether oxygens (including phenoxy) is 2. The number of methoxy groups -OCH3 is 1. The third-order valence-corrected chi connectivity index (χ3v) is 2.77. The zero-order valence-corrected chi connectivity index (χ0v) is 11.2. The van der Waals surface area contributed by atoms with Crippen LogP contribution in [0.25, 0.3) is 0 Å². The van der Waals surface area contributed by atoms with Crippen LogP contribution in [0.4, 0.5) is 0 Å². The van der Waals surface area contributed by atoms with Crippen molar-refractivity contribution >= 4 is 0 Å². The van der Waals surface area contributed by atoms with Gasteiger partial charge in [0.2, 0.25) is 5.88 Å². The summed E-state index contributed by atoms with van der Waals surface area (Å²) in [5.41, 5.74) is 8.63. The van der Waals surface area contributed by atoms with Crippen molar-refractivity contribution < 1.29 is 9.47 Å². The normalized spacial score (nSPS) is 10.3. The molecule has 1 aromatic carbocycles. The van der Waals surface area contributed by atoms with Gasteiger partial charge in [0.25, 0.3) is 0 Å². The Morgan fingerprint density at radius 3 is 2.47 bits per heavy atom. The highest BCUT2D eigenvalue weighted by Crippen LogP contribution is 2.16. The molecule has 1 aromatic heterocycles. The standard InChI is InChI=1S/C15H18N2O2/c1-11-7-13(9-16)8-15(17-11)19-10-12-3-5-14(18-2)6-4-12/h3-8H,9-10,16H2,1-2H3. The molecule has 0 unspecified atom stereocenters. The van der Waals surface area contributed by atoms with Crippen molar-refractivity contribution in [2.24, 2.45) is 5.73 Å². The van der Waals surface area contributed by atoms with E-state index in [2.05, 4.69) is 4.98 Å². The summed E-state index contributed by atoms with van der Waals surface area (Å²) in [6, 6.07) is 11.6. The van der Waals surface area contributed by atoms with E-state index < -0.39 is 0 Å². The Morgan fingerprint density at radius 1 is 1.11 bits per heavy atom. The van der Waals surface area contributed by atoms with Crippen molar-refractivity contribution in [3.8, 4) is 11.6 Å². The van der Waals surface area contributed by atoms with E-state index in [4.69, 9.17) is 15.2 Å². The van der Waals surface area contributed by atoms with E-state index in [1.165, 1.54) is 0 Å². The summed E-state index contributed by atoms with van der Waals surface area (Å²) in [4.78, 5) is 4.33. The molecule has 0 radical (unpaired) electrons. The lowest BCUT2D eigenvalue weighted by molar-refractivity contribution is 0.293. The molecule has 2 rings (SSSR count). The molecular weight excluding hydrogens is 240 g/mol. The van der Waals surface area contributed by atoms with Gasteiger partial charge in [-0.15, -0.1) is 0 Å². The first-order chi connectivity index (χ1) is 9.21. The lowest BCUT2D eigenvalue weighted by Gasteiger charge is -2.08. The van der Waals surface area contributed by atoms with E-state index in [9.17, 15) is 0 Å². The Hall–Kier alpha value is -2.07. The van der Waals surface area contributed by atoms with Crippen molar-refractivity contribution in [3.63, 3.8) is 0 Å². The maximum absolute atomic E-state index is 5.68. The predicted octanol–water partition coefficient (Wildman–Crippen LogP) is 2.44. The molecule has 2 aromatic rings. The number of aryl methyl sites for hydroxylation is 1. The Labute approximate surface area is 113 Å². The van der Waals surface area contributed by atoms with Gasteiger partial charge in [-0.3, -0.25) is 0 Å². The number of rotatable bonds is 5. The van der Waals surface area contributed by atoms with Crippen molar-refractivity contribution in [3.05, 3.63) is 53.2 Å². The first-order valence-electron chi connectivity index (χ1n) is 6.14. The minimum absolute atomic E-state index is 0.477. The van der Waals surface area contributed by atoms with Gasteiger partial charge in [-0.25, -0.2) is 4.98 Å². The SMILES string of the molecule is COc1ccc(COc2cc(CN)cc(C)n2)cc1. The molecule has 0 fully saturated rings. The fourth-order valence-electron chi connectivity index (χ4n) is 1.78. The molecule has 0 saturated heterocycles. The van der Waals surface area contributed by atoms with Gasteiger partial charge in [0.05, 0.1) is 7.11 Å². The van der Waals surface area contributed by atoms with Crippen LogP contribution in [0.5, 0.6) is 11.6 Å². The van der Waals surface area contributed by atoms with Gasteiger partial charge in [0.1, 0.15) is 12.4 Å². The van der Waals surface area contributed by atoms with Crippen LogP contribution in [-0.4, -0.2) is 12.1 Å². The van der Waals surface area contributed by atoms with Crippen LogP contribution in [0.15, 0.2) is 36.4 Å². The molecule has 19 heavy (non-hydrogen) atoms. The quantitative estimate of drug-likeness (QED) is 0.895. The average molecular weight is 258 g/mol. The number of hydrogen-bond acceptors (Lipinski definition) is 4. The van der Waals surface area contributed by atoms with Crippen LogP contribution in [0.1, 0.15) is 16.8 Å². The summed E-state index contributed by atoms with van der Waals surface area (Å²) in [6.07, 6.45) is 0. The topological polar surface area (TPSA) is 57.4 Å². The summed E-state index contributed by atoms with van der Waals surface area (Å²) in [5.74, 6) is 1.44. The summed E-state index contributed by atoms with van der Waals surface area (Å²) in [7, 11) is 1.65. The zero-order valence-electron chi connectivity index (χ0n) is 11.2. The number of hydrogen-bond donors (Lipinski definition) is 1. The molecule has 0 atom stereocenters. The van der Waals surface area contributed by atoms with E-state index in [0.29, 0.717) is 19.0 Å². The maximum atomic E-state index is 5.68. The van der Waals surface area contributed by atoms with E-state index in [-0.39, 0.29) is 0 Å². The van der Waals surface area contributed by atoms with E-state index in [1.54, 1.807) is 7.11 Å². The van der Waals surface area contributed by atoms with Gasteiger partial charge in [-0.1, -0.05) is 12.1 Å². The van der Waals surface area contributed by atoms with Gasteiger partial charge in [0.15, 0.2) is 0 Å². The molecule has 0 aliphatic carbocycles. The Morgan fingerprint density at radius 2 is 1.84 bits per heavy atom. The number of nitrogens with two attached hydrogens (primary N) is 1. The Kier molecular flexibility index (Phi) is 4.36. The first kappa shape index (κ1) is 13.4. The van der Waals surface area contributed by atoms with Crippen LogP contribution < -0.4 is 15.2 Å². The second kappa shape index (κ2) is 6.20. The molecule has 0 bridgehead atoms. The van der Waals surface area contributed by atoms with Crippen molar-refractivity contribution in [1.82, 2.24) is 4.98 Å². The highest BCUT2D eigenvalue weighted by molar-refractivity contribution is 5.28. The lowest BCUT2D eigenvalue weighted by Crippen LogP contribution is -2.02. The molecule has 4 heteroatoms. The number of pyridine rings is 1. The fourth-order valence-corrected chi connectivity index (χ4v) is 1.78. The van der Waals surface area contributed by atoms with Gasteiger partial charge >= 0.3 is 0 Å². The van der Waals surface area contributed by atoms with Crippen molar-refractivity contribution in [1.29, 1.82) is 0 Å². The molecule has 0 amide bonds. The van der Waals surface area contributed by atoms with Crippen LogP contribution in [-0.2, 0) is 13.2 Å². The monoisotopic (exact) mass is 258 g/mol. The summed E-state index contributed by atoms with van der Waals surface area (Å²) in [5, 5.41) is 0. The molecule has 0 aliphatic heterocycles. The highest BCUT2D eigenvalue weighted by atomic mass is 16.5. The third kappa shape index (κ3) is 3.69.